The molecule has 5 nitrogen and oxygen atoms in total. The smallest absolute Gasteiger partial charge is 0.178 e. The van der Waals surface area contributed by atoms with Crippen LogP contribution in [0.2, 0.25) is 0 Å². The van der Waals surface area contributed by atoms with E-state index in [0.29, 0.717) is 11.3 Å². The topological polar surface area (TPSA) is 82.9 Å². The monoisotopic (exact) mass is 253 g/mol. The van der Waals surface area contributed by atoms with Gasteiger partial charge in [0.2, 0.25) is 0 Å². The van der Waals surface area contributed by atoms with Gasteiger partial charge in [0.1, 0.15) is 0 Å². The van der Waals surface area contributed by atoms with Crippen LogP contribution >= 0.6 is 0 Å². The fourth-order valence-electron chi connectivity index (χ4n) is 1.63. The van der Waals surface area contributed by atoms with Crippen molar-refractivity contribution in [2.75, 3.05) is 12.3 Å². The molecule has 0 amide bonds. The number of sulfone groups is 1. The summed E-state index contributed by atoms with van der Waals surface area (Å²) in [4.78, 5) is 2.95. The first-order valence-electron chi connectivity index (χ1n) is 5.28. The summed E-state index contributed by atoms with van der Waals surface area (Å²) in [5.41, 5.74) is 9.89. The largest absolute Gasteiger partial charge is 0.224 e. The summed E-state index contributed by atoms with van der Waals surface area (Å²) < 4.78 is 24.0. The van der Waals surface area contributed by atoms with Crippen LogP contribution in [-0.2, 0) is 9.84 Å². The molecule has 0 atom stereocenters. The molecular formula is C11H15N3O2S. The summed E-state index contributed by atoms with van der Waals surface area (Å²) in [5.74, 6) is 0.00984. The van der Waals surface area contributed by atoms with E-state index in [1.807, 2.05) is 13.0 Å². The molecule has 0 saturated heterocycles. The van der Waals surface area contributed by atoms with Crippen LogP contribution in [0.25, 0.3) is 10.4 Å². The Morgan fingerprint density at radius 3 is 2.65 bits per heavy atom. The minimum Gasteiger partial charge on any atom is -0.224 e. The number of rotatable bonds is 5. The summed E-state index contributed by atoms with van der Waals surface area (Å²) >= 11 is 0. The van der Waals surface area contributed by atoms with E-state index in [1.54, 1.807) is 19.1 Å². The lowest BCUT2D eigenvalue weighted by Crippen LogP contribution is -2.09. The number of benzene rings is 1. The van der Waals surface area contributed by atoms with Crippen LogP contribution in [0.4, 0.5) is 0 Å². The average molecular weight is 253 g/mol. The van der Waals surface area contributed by atoms with E-state index in [4.69, 9.17) is 5.53 Å². The van der Waals surface area contributed by atoms with Crippen molar-refractivity contribution in [1.82, 2.24) is 0 Å². The maximum atomic E-state index is 12.0. The minimum absolute atomic E-state index is 0.00984. The van der Waals surface area contributed by atoms with Crippen LogP contribution in [0.15, 0.2) is 28.2 Å². The lowest BCUT2D eigenvalue weighted by molar-refractivity contribution is 0.593. The average Bonchev–Trinajstić information content (AvgIpc) is 2.24. The second kappa shape index (κ2) is 5.70. The third-order valence-electron chi connectivity index (χ3n) is 2.40. The molecule has 0 aliphatic heterocycles. The van der Waals surface area contributed by atoms with E-state index in [9.17, 15) is 8.42 Å². The number of azide groups is 1. The van der Waals surface area contributed by atoms with Crippen LogP contribution in [0.3, 0.4) is 0 Å². The van der Waals surface area contributed by atoms with Crippen LogP contribution in [-0.4, -0.2) is 20.7 Å². The highest BCUT2D eigenvalue weighted by Gasteiger charge is 2.16. The Morgan fingerprint density at radius 2 is 2.06 bits per heavy atom. The second-order valence-electron chi connectivity index (χ2n) is 3.90. The highest BCUT2D eigenvalue weighted by Crippen LogP contribution is 2.18. The van der Waals surface area contributed by atoms with Crippen molar-refractivity contribution in [3.8, 4) is 0 Å². The van der Waals surface area contributed by atoms with Gasteiger partial charge in [-0.1, -0.05) is 22.8 Å². The summed E-state index contributed by atoms with van der Waals surface area (Å²) in [5, 5.41) is 3.32. The van der Waals surface area contributed by atoms with Crippen molar-refractivity contribution in [3.63, 3.8) is 0 Å². The molecule has 0 unspecified atom stereocenters. The molecule has 0 spiro atoms. The molecule has 0 radical (unpaired) electrons. The first kappa shape index (κ1) is 13.5. The molecule has 0 saturated carbocycles. The number of aryl methyl sites for hydroxylation is 2. The molecule has 0 aliphatic rings. The van der Waals surface area contributed by atoms with Crippen LogP contribution < -0.4 is 0 Å². The Morgan fingerprint density at radius 1 is 1.35 bits per heavy atom. The molecule has 92 valence electrons. The van der Waals surface area contributed by atoms with Crippen LogP contribution in [0, 0.1) is 13.8 Å². The van der Waals surface area contributed by atoms with E-state index in [2.05, 4.69) is 10.0 Å². The fraction of sp³-hybridized carbons (Fsp3) is 0.455. The van der Waals surface area contributed by atoms with Gasteiger partial charge in [0.25, 0.3) is 0 Å². The van der Waals surface area contributed by atoms with Crippen molar-refractivity contribution in [2.45, 2.75) is 25.2 Å². The van der Waals surface area contributed by atoms with Gasteiger partial charge >= 0.3 is 0 Å². The lowest BCUT2D eigenvalue weighted by Gasteiger charge is -2.07. The van der Waals surface area contributed by atoms with Gasteiger partial charge in [0, 0.05) is 11.5 Å². The van der Waals surface area contributed by atoms with Crippen LogP contribution in [0.1, 0.15) is 17.5 Å². The molecule has 0 fully saturated rings. The highest BCUT2D eigenvalue weighted by molar-refractivity contribution is 7.91. The third kappa shape index (κ3) is 3.76. The molecule has 1 rings (SSSR count). The Bertz CT molecular complexity index is 546. The quantitative estimate of drug-likeness (QED) is 0.350. The number of nitrogens with zero attached hydrogens (tertiary/aromatic N) is 3. The molecule has 0 bridgehead atoms. The minimum atomic E-state index is -3.27. The molecule has 0 heterocycles. The molecular weight excluding hydrogens is 238 g/mol. The van der Waals surface area contributed by atoms with Crippen LogP contribution in [0.5, 0.6) is 0 Å². The zero-order valence-corrected chi connectivity index (χ0v) is 10.7. The molecule has 6 heteroatoms. The Hall–Kier alpha value is -1.52. The van der Waals surface area contributed by atoms with Gasteiger partial charge in [0.05, 0.1) is 10.6 Å². The molecule has 17 heavy (non-hydrogen) atoms. The van der Waals surface area contributed by atoms with Gasteiger partial charge in [-0.2, -0.15) is 0 Å². The summed E-state index contributed by atoms with van der Waals surface area (Å²) in [7, 11) is -3.27. The summed E-state index contributed by atoms with van der Waals surface area (Å²) in [6.45, 7) is 3.92. The van der Waals surface area contributed by atoms with Gasteiger partial charge in [-0.3, -0.25) is 0 Å². The summed E-state index contributed by atoms with van der Waals surface area (Å²) in [6, 6.07) is 5.27. The first-order chi connectivity index (χ1) is 7.97. The normalized spacial score (nSPS) is 10.9. The SMILES string of the molecule is Cc1ccc(S(=O)(=O)CCCN=[N+]=[N-])c(C)c1. The van der Waals surface area contributed by atoms with Crippen molar-refractivity contribution in [2.24, 2.45) is 5.11 Å². The molecule has 0 aliphatic carbocycles. The Labute approximate surface area is 101 Å². The van der Waals surface area contributed by atoms with Gasteiger partial charge in [0.15, 0.2) is 9.84 Å². The zero-order chi connectivity index (χ0) is 12.9. The lowest BCUT2D eigenvalue weighted by atomic mass is 10.2. The molecule has 0 N–H and O–H groups in total. The predicted molar refractivity (Wildman–Crippen MR) is 66.6 cm³/mol. The molecule has 1 aromatic rings. The highest BCUT2D eigenvalue weighted by atomic mass is 32.2. The Balaban J connectivity index is 2.86. The van der Waals surface area contributed by atoms with Gasteiger partial charge < -0.3 is 0 Å². The van der Waals surface area contributed by atoms with Crippen molar-refractivity contribution in [3.05, 3.63) is 39.8 Å². The fourth-order valence-corrected chi connectivity index (χ4v) is 3.18. The number of hydrogen-bond acceptors (Lipinski definition) is 3. The predicted octanol–water partition coefficient (Wildman–Crippen LogP) is 2.78. The van der Waals surface area contributed by atoms with E-state index in [1.165, 1.54) is 0 Å². The standard InChI is InChI=1S/C11H15N3O2S/c1-9-4-5-11(10(2)8-9)17(15,16)7-3-6-13-14-12/h4-5,8H,3,6-7H2,1-2H3. The zero-order valence-electron chi connectivity index (χ0n) is 9.92. The molecule has 0 aromatic heterocycles. The van der Waals surface area contributed by atoms with Gasteiger partial charge in [-0.25, -0.2) is 8.42 Å². The first-order valence-corrected chi connectivity index (χ1v) is 6.93. The van der Waals surface area contributed by atoms with Crippen molar-refractivity contribution >= 4 is 9.84 Å². The van der Waals surface area contributed by atoms with E-state index in [0.717, 1.165) is 11.1 Å². The maximum Gasteiger partial charge on any atom is 0.178 e. The van der Waals surface area contributed by atoms with E-state index < -0.39 is 9.84 Å². The van der Waals surface area contributed by atoms with E-state index in [-0.39, 0.29) is 12.3 Å². The van der Waals surface area contributed by atoms with Crippen molar-refractivity contribution < 1.29 is 8.42 Å². The molecule has 1 aromatic carbocycles. The number of hydrogen-bond donors (Lipinski definition) is 0. The maximum absolute atomic E-state index is 12.0. The Kier molecular flexibility index (Phi) is 4.54. The van der Waals surface area contributed by atoms with E-state index >= 15 is 0 Å². The van der Waals surface area contributed by atoms with Gasteiger partial charge in [-0.15, -0.1) is 0 Å². The van der Waals surface area contributed by atoms with Crippen molar-refractivity contribution in [1.29, 1.82) is 0 Å². The summed E-state index contributed by atoms with van der Waals surface area (Å²) in [6.07, 6.45) is 0.347. The van der Waals surface area contributed by atoms with Gasteiger partial charge in [-0.05, 0) is 37.4 Å². The second-order valence-corrected chi connectivity index (χ2v) is 5.97. The third-order valence-corrected chi connectivity index (χ3v) is 4.35.